The molecule has 0 radical (unpaired) electrons. The first-order chi connectivity index (χ1) is 12.1. The minimum atomic E-state index is -0.167. The molecule has 1 saturated heterocycles. The Morgan fingerprint density at radius 1 is 1.15 bits per heavy atom. The number of para-hydroxylation sites is 1. The molecule has 0 saturated carbocycles. The Balaban J connectivity index is 0.00000243. The van der Waals surface area contributed by atoms with Crippen LogP contribution in [0.3, 0.4) is 0 Å². The Bertz CT molecular complexity index is 804. The fraction of sp³-hybridized carbons (Fsp3) is 0.333. The predicted molar refractivity (Wildman–Crippen MR) is 104 cm³/mol. The van der Waals surface area contributed by atoms with Crippen molar-refractivity contribution in [1.82, 2.24) is 14.8 Å². The molecule has 1 amide bonds. The first-order valence-corrected chi connectivity index (χ1v) is 8.61. The molecule has 140 valence electrons. The third-order valence-electron chi connectivity index (χ3n) is 4.06. The van der Waals surface area contributed by atoms with Gasteiger partial charge >= 0.3 is 0 Å². The normalized spacial score (nSPS) is 13.8. The minimum Gasteiger partial charge on any atom is -0.490 e. The summed E-state index contributed by atoms with van der Waals surface area (Å²) in [5.41, 5.74) is 0.346. The zero-order valence-electron chi connectivity index (χ0n) is 14.2. The number of piperazine rings is 1. The monoisotopic (exact) mass is 397 g/mol. The molecular weight excluding hydrogens is 377 g/mol. The van der Waals surface area contributed by atoms with Crippen LogP contribution in [0.25, 0.3) is 0 Å². The number of aromatic nitrogens is 1. The van der Waals surface area contributed by atoms with E-state index >= 15 is 0 Å². The van der Waals surface area contributed by atoms with Crippen LogP contribution in [0, 0.1) is 0 Å². The molecule has 0 aliphatic carbocycles. The first-order valence-electron chi connectivity index (χ1n) is 8.23. The van der Waals surface area contributed by atoms with Crippen molar-refractivity contribution in [1.29, 1.82) is 0 Å². The molecule has 0 bridgehead atoms. The van der Waals surface area contributed by atoms with E-state index in [1.54, 1.807) is 29.3 Å². The lowest BCUT2D eigenvalue weighted by molar-refractivity contribution is 0.0734. The maximum absolute atomic E-state index is 12.5. The Kier molecular flexibility index (Phi) is 7.50. The molecule has 0 unspecified atom stereocenters. The summed E-state index contributed by atoms with van der Waals surface area (Å²) in [6.07, 6.45) is 1.60. The van der Waals surface area contributed by atoms with Crippen molar-refractivity contribution in [3.05, 3.63) is 63.5 Å². The van der Waals surface area contributed by atoms with Gasteiger partial charge in [0.1, 0.15) is 12.4 Å². The number of hydrogen-bond donors (Lipinski definition) is 1. The summed E-state index contributed by atoms with van der Waals surface area (Å²) < 4.78 is 7.11. The lowest BCUT2D eigenvalue weighted by Crippen LogP contribution is -2.46. The van der Waals surface area contributed by atoms with E-state index in [-0.39, 0.29) is 30.5 Å². The molecule has 0 spiro atoms. The van der Waals surface area contributed by atoms with E-state index in [0.29, 0.717) is 36.0 Å². The summed E-state index contributed by atoms with van der Waals surface area (Å²) in [5.74, 6) is 0.521. The number of carbonyl (C=O) groups excluding carboxylic acids is 1. The van der Waals surface area contributed by atoms with Crippen molar-refractivity contribution in [2.45, 2.75) is 6.54 Å². The molecule has 1 aliphatic rings. The average Bonchev–Trinajstić information content (AvgIpc) is 2.65. The van der Waals surface area contributed by atoms with Crippen molar-refractivity contribution in [3.8, 4) is 5.75 Å². The summed E-state index contributed by atoms with van der Waals surface area (Å²) in [6.45, 7) is 3.55. The van der Waals surface area contributed by atoms with Gasteiger partial charge < -0.3 is 19.5 Å². The zero-order valence-corrected chi connectivity index (χ0v) is 15.8. The number of rotatable bonds is 5. The number of carbonyl (C=O) groups is 1. The molecule has 1 aliphatic heterocycles. The van der Waals surface area contributed by atoms with Crippen molar-refractivity contribution in [3.63, 3.8) is 0 Å². The topological polar surface area (TPSA) is 63.6 Å². The number of nitrogens with one attached hydrogen (secondary N) is 1. The smallest absolute Gasteiger partial charge is 0.255 e. The van der Waals surface area contributed by atoms with Gasteiger partial charge in [-0.1, -0.05) is 23.7 Å². The van der Waals surface area contributed by atoms with Crippen molar-refractivity contribution >= 4 is 29.9 Å². The fourth-order valence-electron chi connectivity index (χ4n) is 2.70. The molecule has 1 N–H and O–H groups in total. The van der Waals surface area contributed by atoms with Crippen LogP contribution >= 0.6 is 24.0 Å². The van der Waals surface area contributed by atoms with E-state index < -0.39 is 0 Å². The minimum absolute atomic E-state index is 0. The first kappa shape index (κ1) is 20.3. The number of ether oxygens (including phenoxy) is 1. The molecule has 1 aromatic carbocycles. The maximum atomic E-state index is 12.5. The molecule has 0 atom stereocenters. The third-order valence-corrected chi connectivity index (χ3v) is 4.37. The van der Waals surface area contributed by atoms with Gasteiger partial charge in [0.2, 0.25) is 0 Å². The zero-order chi connectivity index (χ0) is 17.6. The average molecular weight is 398 g/mol. The van der Waals surface area contributed by atoms with Gasteiger partial charge in [0.05, 0.1) is 17.1 Å². The second-order valence-corrected chi connectivity index (χ2v) is 6.18. The summed E-state index contributed by atoms with van der Waals surface area (Å²) in [5, 5.41) is 3.74. The Labute approximate surface area is 163 Å². The lowest BCUT2D eigenvalue weighted by atomic mass is 10.2. The highest BCUT2D eigenvalue weighted by atomic mass is 35.5. The SMILES string of the molecule is Cl.O=C(c1ccc(=O)n(CCOc2ccccc2Cl)c1)N1CCNCC1. The largest absolute Gasteiger partial charge is 0.490 e. The van der Waals surface area contributed by atoms with Gasteiger partial charge in [-0.3, -0.25) is 9.59 Å². The lowest BCUT2D eigenvalue weighted by Gasteiger charge is -2.27. The molecule has 1 aromatic heterocycles. The highest BCUT2D eigenvalue weighted by molar-refractivity contribution is 6.32. The molecule has 2 aromatic rings. The Morgan fingerprint density at radius 3 is 2.62 bits per heavy atom. The molecule has 8 heteroatoms. The third kappa shape index (κ3) is 5.00. The number of nitrogens with zero attached hydrogens (tertiary/aromatic N) is 2. The van der Waals surface area contributed by atoms with Crippen LogP contribution in [0.5, 0.6) is 5.75 Å². The highest BCUT2D eigenvalue weighted by Gasteiger charge is 2.18. The van der Waals surface area contributed by atoms with E-state index in [0.717, 1.165) is 13.1 Å². The van der Waals surface area contributed by atoms with Gasteiger partial charge in [0, 0.05) is 38.4 Å². The van der Waals surface area contributed by atoms with Crippen LogP contribution in [0.4, 0.5) is 0 Å². The maximum Gasteiger partial charge on any atom is 0.255 e. The second kappa shape index (κ2) is 9.62. The van der Waals surface area contributed by atoms with E-state index in [1.807, 2.05) is 12.1 Å². The van der Waals surface area contributed by atoms with Gasteiger partial charge in [-0.15, -0.1) is 12.4 Å². The highest BCUT2D eigenvalue weighted by Crippen LogP contribution is 2.22. The van der Waals surface area contributed by atoms with E-state index in [9.17, 15) is 9.59 Å². The molecule has 6 nitrogen and oxygen atoms in total. The van der Waals surface area contributed by atoms with Crippen LogP contribution in [0.15, 0.2) is 47.4 Å². The number of halogens is 2. The van der Waals surface area contributed by atoms with Crippen LogP contribution < -0.4 is 15.6 Å². The van der Waals surface area contributed by atoms with Gasteiger partial charge in [0.15, 0.2) is 0 Å². The summed E-state index contributed by atoms with van der Waals surface area (Å²) >= 11 is 6.04. The predicted octanol–water partition coefficient (Wildman–Crippen LogP) is 2.05. The molecule has 3 rings (SSSR count). The quantitative estimate of drug-likeness (QED) is 0.838. The number of benzene rings is 1. The van der Waals surface area contributed by atoms with Crippen molar-refractivity contribution in [2.24, 2.45) is 0 Å². The Morgan fingerprint density at radius 2 is 1.88 bits per heavy atom. The standard InChI is InChI=1S/C18H20ClN3O3.ClH/c19-15-3-1-2-4-16(15)25-12-11-22-13-14(5-6-17(22)23)18(24)21-9-7-20-8-10-21;/h1-6,13,20H,7-12H2;1H. The van der Waals surface area contributed by atoms with E-state index in [4.69, 9.17) is 16.3 Å². The van der Waals surface area contributed by atoms with Gasteiger partial charge in [-0.2, -0.15) is 0 Å². The van der Waals surface area contributed by atoms with E-state index in [1.165, 1.54) is 10.6 Å². The molecule has 1 fully saturated rings. The van der Waals surface area contributed by atoms with Crippen LogP contribution in [-0.4, -0.2) is 48.2 Å². The van der Waals surface area contributed by atoms with Crippen LogP contribution in [0.2, 0.25) is 5.02 Å². The Hall–Kier alpha value is -2.02. The second-order valence-electron chi connectivity index (χ2n) is 5.77. The number of pyridine rings is 1. The number of amides is 1. The fourth-order valence-corrected chi connectivity index (χ4v) is 2.89. The van der Waals surface area contributed by atoms with Gasteiger partial charge in [-0.25, -0.2) is 0 Å². The van der Waals surface area contributed by atoms with Crippen LogP contribution in [-0.2, 0) is 6.54 Å². The summed E-state index contributed by atoms with van der Waals surface area (Å²) in [6, 6.07) is 10.2. The van der Waals surface area contributed by atoms with Crippen molar-refractivity contribution in [2.75, 3.05) is 32.8 Å². The van der Waals surface area contributed by atoms with Gasteiger partial charge in [-0.05, 0) is 18.2 Å². The molecule has 2 heterocycles. The molecular formula is C18H21Cl2N3O3. The summed E-state index contributed by atoms with van der Waals surface area (Å²) in [4.78, 5) is 26.4. The van der Waals surface area contributed by atoms with Crippen molar-refractivity contribution < 1.29 is 9.53 Å². The van der Waals surface area contributed by atoms with Crippen LogP contribution in [0.1, 0.15) is 10.4 Å². The molecule has 26 heavy (non-hydrogen) atoms. The van der Waals surface area contributed by atoms with E-state index in [2.05, 4.69) is 5.32 Å². The summed E-state index contributed by atoms with van der Waals surface area (Å²) in [7, 11) is 0. The van der Waals surface area contributed by atoms with Gasteiger partial charge in [0.25, 0.3) is 11.5 Å². The number of hydrogen-bond acceptors (Lipinski definition) is 4.